The van der Waals surface area contributed by atoms with Gasteiger partial charge in [-0.1, -0.05) is 56.3 Å². The van der Waals surface area contributed by atoms with E-state index in [1.54, 1.807) is 0 Å². The van der Waals surface area contributed by atoms with E-state index in [1.807, 2.05) is 61.5 Å². The lowest BCUT2D eigenvalue weighted by Crippen LogP contribution is -2.38. The Kier molecular flexibility index (Phi) is 5.92. The highest BCUT2D eigenvalue weighted by atomic mass is 16.5. The van der Waals surface area contributed by atoms with E-state index in [-0.39, 0.29) is 11.2 Å². The second kappa shape index (κ2) is 8.65. The lowest BCUT2D eigenvalue weighted by Gasteiger charge is -2.39. The van der Waals surface area contributed by atoms with Gasteiger partial charge in [-0.05, 0) is 42.0 Å². The van der Waals surface area contributed by atoms with E-state index in [2.05, 4.69) is 19.2 Å². The second-order valence-electron chi connectivity index (χ2n) is 9.26. The smallest absolute Gasteiger partial charge is 0.336 e. The number of esters is 1. The highest BCUT2D eigenvalue weighted by Crippen LogP contribution is 2.46. The topological polar surface area (TPSA) is 64.6 Å². The molecule has 5 heteroatoms. The standard InChI is InChI=1S/C27H29NO4/c1-17-23(26(30)31-4)24(25-21(28-17)14-27(2,3)15-22(25)29)19-10-12-20(13-11-19)32-16-18-8-6-5-7-9-18/h5-13,24,28H,14-16H2,1-4H3/t24-/m0/s1. The van der Waals surface area contributed by atoms with E-state index in [1.165, 1.54) is 7.11 Å². The SMILES string of the molecule is COC(=O)C1=C(C)NC2=C(C(=O)CC(C)(C)C2)[C@H]1c1ccc(OCc2ccccc2)cc1. The van der Waals surface area contributed by atoms with E-state index in [0.717, 1.165) is 34.7 Å². The predicted octanol–water partition coefficient (Wildman–Crippen LogP) is 5.04. The van der Waals surface area contributed by atoms with Crippen molar-refractivity contribution < 1.29 is 19.1 Å². The fourth-order valence-corrected chi connectivity index (χ4v) is 4.65. The lowest BCUT2D eigenvalue weighted by atomic mass is 9.68. The molecule has 1 N–H and O–H groups in total. The van der Waals surface area contributed by atoms with Crippen molar-refractivity contribution in [1.29, 1.82) is 0 Å². The average Bonchev–Trinajstić information content (AvgIpc) is 2.76. The van der Waals surface area contributed by atoms with Crippen molar-refractivity contribution in [3.05, 3.63) is 88.3 Å². The van der Waals surface area contributed by atoms with Crippen LogP contribution in [0.4, 0.5) is 0 Å². The molecule has 0 amide bonds. The number of nitrogens with one attached hydrogen (secondary N) is 1. The Hall–Kier alpha value is -3.34. The zero-order chi connectivity index (χ0) is 22.9. The minimum atomic E-state index is -0.453. The average molecular weight is 432 g/mol. The van der Waals surface area contributed by atoms with Crippen molar-refractivity contribution in [3.63, 3.8) is 0 Å². The fraction of sp³-hybridized carbons (Fsp3) is 0.333. The molecule has 1 heterocycles. The molecular formula is C27H29NO4. The van der Waals surface area contributed by atoms with Crippen LogP contribution in [0, 0.1) is 5.41 Å². The maximum absolute atomic E-state index is 13.2. The van der Waals surface area contributed by atoms with Crippen LogP contribution in [0.2, 0.25) is 0 Å². The van der Waals surface area contributed by atoms with Gasteiger partial charge in [-0.3, -0.25) is 4.79 Å². The summed E-state index contributed by atoms with van der Waals surface area (Å²) < 4.78 is 11.0. The molecule has 5 nitrogen and oxygen atoms in total. The van der Waals surface area contributed by atoms with Gasteiger partial charge in [0.25, 0.3) is 0 Å². The number of allylic oxidation sites excluding steroid dienone is 3. The van der Waals surface area contributed by atoms with Crippen molar-refractivity contribution in [3.8, 4) is 5.75 Å². The van der Waals surface area contributed by atoms with E-state index >= 15 is 0 Å². The van der Waals surface area contributed by atoms with Gasteiger partial charge in [0, 0.05) is 29.3 Å². The van der Waals surface area contributed by atoms with Gasteiger partial charge in [0.15, 0.2) is 5.78 Å². The first-order valence-electron chi connectivity index (χ1n) is 10.9. The number of dihydropyridines is 1. The summed E-state index contributed by atoms with van der Waals surface area (Å²) >= 11 is 0. The van der Waals surface area contributed by atoms with Crippen molar-refractivity contribution in [1.82, 2.24) is 5.32 Å². The Labute approximate surface area is 189 Å². The second-order valence-corrected chi connectivity index (χ2v) is 9.26. The summed E-state index contributed by atoms with van der Waals surface area (Å²) in [6.07, 6.45) is 1.21. The Bertz CT molecular complexity index is 1090. The largest absolute Gasteiger partial charge is 0.489 e. The molecule has 2 aromatic rings. The number of ketones is 1. The maximum atomic E-state index is 13.2. The molecule has 1 aliphatic heterocycles. The Morgan fingerprint density at radius 3 is 2.41 bits per heavy atom. The minimum Gasteiger partial charge on any atom is -0.489 e. The Morgan fingerprint density at radius 2 is 1.75 bits per heavy atom. The number of carbonyl (C=O) groups excluding carboxylic acids is 2. The summed E-state index contributed by atoms with van der Waals surface area (Å²) in [7, 11) is 1.37. The van der Waals surface area contributed by atoms with E-state index in [4.69, 9.17) is 9.47 Å². The molecule has 166 valence electrons. The first-order chi connectivity index (χ1) is 15.3. The molecule has 32 heavy (non-hydrogen) atoms. The van der Waals surface area contributed by atoms with Crippen molar-refractivity contribution in [2.24, 2.45) is 5.41 Å². The van der Waals surface area contributed by atoms with Crippen LogP contribution in [0.25, 0.3) is 0 Å². The third-order valence-electron chi connectivity index (χ3n) is 6.11. The molecule has 0 spiro atoms. The molecule has 1 aliphatic carbocycles. The van der Waals surface area contributed by atoms with Gasteiger partial charge >= 0.3 is 5.97 Å². The molecule has 0 aromatic heterocycles. The van der Waals surface area contributed by atoms with Gasteiger partial charge in [0.1, 0.15) is 12.4 Å². The van der Waals surface area contributed by atoms with E-state index in [0.29, 0.717) is 24.2 Å². The number of hydrogen-bond acceptors (Lipinski definition) is 5. The number of Topliss-reactive ketones (excluding diaryl/α,β-unsaturated/α-hetero) is 1. The van der Waals surface area contributed by atoms with Crippen molar-refractivity contribution in [2.45, 2.75) is 46.1 Å². The van der Waals surface area contributed by atoms with Crippen LogP contribution in [0.1, 0.15) is 50.7 Å². The number of methoxy groups -OCH3 is 1. The van der Waals surface area contributed by atoms with Gasteiger partial charge < -0.3 is 14.8 Å². The van der Waals surface area contributed by atoms with Crippen molar-refractivity contribution in [2.75, 3.05) is 7.11 Å². The molecular weight excluding hydrogens is 402 g/mol. The predicted molar refractivity (Wildman–Crippen MR) is 123 cm³/mol. The third-order valence-corrected chi connectivity index (χ3v) is 6.11. The number of benzene rings is 2. The van der Waals surface area contributed by atoms with E-state index in [9.17, 15) is 9.59 Å². The molecule has 1 atom stereocenters. The van der Waals surface area contributed by atoms with Crippen LogP contribution in [-0.4, -0.2) is 18.9 Å². The molecule has 0 saturated heterocycles. The van der Waals surface area contributed by atoms with Crippen LogP contribution >= 0.6 is 0 Å². The molecule has 0 unspecified atom stereocenters. The summed E-state index contributed by atoms with van der Waals surface area (Å²) in [5.41, 5.74) is 4.64. The van der Waals surface area contributed by atoms with E-state index < -0.39 is 11.9 Å². The number of ether oxygens (including phenoxy) is 2. The van der Waals surface area contributed by atoms with Crippen LogP contribution in [0.5, 0.6) is 5.75 Å². The summed E-state index contributed by atoms with van der Waals surface area (Å²) in [4.78, 5) is 25.9. The van der Waals surface area contributed by atoms with Gasteiger partial charge in [-0.2, -0.15) is 0 Å². The van der Waals surface area contributed by atoms with Crippen LogP contribution in [0.15, 0.2) is 77.1 Å². The maximum Gasteiger partial charge on any atom is 0.336 e. The van der Waals surface area contributed by atoms with Gasteiger partial charge in [-0.15, -0.1) is 0 Å². The molecule has 2 aromatic carbocycles. The summed E-state index contributed by atoms with van der Waals surface area (Å²) in [5.74, 6) is -0.0664. The number of rotatable bonds is 5. The monoisotopic (exact) mass is 431 g/mol. The fourth-order valence-electron chi connectivity index (χ4n) is 4.65. The molecule has 4 rings (SSSR count). The molecule has 0 radical (unpaired) electrons. The summed E-state index contributed by atoms with van der Waals surface area (Å²) in [6.45, 7) is 6.54. The number of hydrogen-bond donors (Lipinski definition) is 1. The van der Waals surface area contributed by atoms with Crippen LogP contribution in [-0.2, 0) is 20.9 Å². The quantitative estimate of drug-likeness (QED) is 0.672. The molecule has 0 bridgehead atoms. The zero-order valence-electron chi connectivity index (χ0n) is 19.0. The van der Waals surface area contributed by atoms with Gasteiger partial charge in [0.05, 0.1) is 12.7 Å². The molecule has 0 fully saturated rings. The third kappa shape index (κ3) is 4.33. The molecule has 2 aliphatic rings. The minimum absolute atomic E-state index is 0.0760. The van der Waals surface area contributed by atoms with Crippen LogP contribution < -0.4 is 10.1 Å². The lowest BCUT2D eigenvalue weighted by molar-refractivity contribution is -0.136. The Morgan fingerprint density at radius 1 is 1.06 bits per heavy atom. The van der Waals surface area contributed by atoms with Gasteiger partial charge in [-0.25, -0.2) is 4.79 Å². The Balaban J connectivity index is 1.67. The van der Waals surface area contributed by atoms with Crippen LogP contribution in [0.3, 0.4) is 0 Å². The first-order valence-corrected chi connectivity index (χ1v) is 10.9. The van der Waals surface area contributed by atoms with Gasteiger partial charge in [0.2, 0.25) is 0 Å². The highest BCUT2D eigenvalue weighted by Gasteiger charge is 2.42. The first kappa shape index (κ1) is 21.9. The molecule has 0 saturated carbocycles. The van der Waals surface area contributed by atoms with Crippen molar-refractivity contribution >= 4 is 11.8 Å². The summed E-state index contributed by atoms with van der Waals surface area (Å²) in [6, 6.07) is 17.6. The highest BCUT2D eigenvalue weighted by molar-refractivity contribution is 6.04. The normalized spacial score (nSPS) is 19.9. The number of carbonyl (C=O) groups is 2. The summed E-state index contributed by atoms with van der Waals surface area (Å²) in [5, 5.41) is 3.33. The zero-order valence-corrected chi connectivity index (χ0v) is 19.0.